The second-order valence-corrected chi connectivity index (χ2v) is 10.9. The minimum atomic E-state index is -0.935. The topological polar surface area (TPSA) is 77.8 Å². The lowest BCUT2D eigenvalue weighted by molar-refractivity contribution is -0.135. The van der Waals surface area contributed by atoms with Crippen LogP contribution in [0.2, 0.25) is 0 Å². The summed E-state index contributed by atoms with van der Waals surface area (Å²) in [6.45, 7) is 4.57. The molecule has 5 rings (SSSR count). The molecular formula is C27H33NO4. The van der Waals surface area contributed by atoms with Crippen LogP contribution in [0.1, 0.15) is 61.9 Å². The van der Waals surface area contributed by atoms with Crippen molar-refractivity contribution in [2.75, 3.05) is 7.05 Å². The first kappa shape index (κ1) is 21.4. The van der Waals surface area contributed by atoms with E-state index in [1.807, 2.05) is 18.0 Å². The maximum atomic E-state index is 12.7. The summed E-state index contributed by atoms with van der Waals surface area (Å²) in [4.78, 5) is 26.0. The molecule has 1 aromatic rings. The van der Waals surface area contributed by atoms with Crippen molar-refractivity contribution in [1.82, 2.24) is 4.90 Å². The molecule has 0 aromatic heterocycles. The van der Waals surface area contributed by atoms with Crippen molar-refractivity contribution in [3.8, 4) is 0 Å². The normalized spacial score (nSPS) is 41.9. The average molecular weight is 436 g/mol. The third-order valence-electron chi connectivity index (χ3n) is 9.40. The number of hydrogen-bond donors (Lipinski definition) is 2. The van der Waals surface area contributed by atoms with E-state index in [9.17, 15) is 19.8 Å². The molecular weight excluding hydrogens is 402 g/mol. The number of aliphatic hydroxyl groups is 1. The highest BCUT2D eigenvalue weighted by molar-refractivity contribution is 5.90. The Bertz CT molecular complexity index is 1030. The number of benzene rings is 1. The highest BCUT2D eigenvalue weighted by atomic mass is 16.4. The van der Waals surface area contributed by atoms with E-state index in [-0.39, 0.29) is 34.4 Å². The second-order valence-electron chi connectivity index (χ2n) is 10.9. The van der Waals surface area contributed by atoms with E-state index < -0.39 is 5.97 Å². The predicted octanol–water partition coefficient (Wildman–Crippen LogP) is 4.38. The first-order chi connectivity index (χ1) is 15.1. The Hall–Kier alpha value is -2.40. The molecule has 7 atom stereocenters. The van der Waals surface area contributed by atoms with Crippen LogP contribution in [-0.4, -0.2) is 46.2 Å². The number of carboxylic acids is 1. The van der Waals surface area contributed by atoms with E-state index in [1.54, 1.807) is 24.3 Å². The van der Waals surface area contributed by atoms with Gasteiger partial charge in [-0.2, -0.15) is 0 Å². The van der Waals surface area contributed by atoms with Crippen LogP contribution < -0.4 is 0 Å². The summed E-state index contributed by atoms with van der Waals surface area (Å²) in [5.74, 6) is 0.472. The molecule has 1 heterocycles. The standard InChI is InChI=1S/C27H33NO4/c1-26-11-9-21-19(20(26)7-8-22(26)29)15-18(14-16-5-4-6-17(13-16)25(31)32)24-27(21,2)12-10-23(30)28(24)3/h4-6,10,12-14,19-22,24,29H,7-9,11,15H2,1-3H3,(H,31,32)/b18-14-/t19-,20-,21-,22-,24+,26-,27+/m0/s1. The number of aliphatic hydroxyl groups excluding tert-OH is 1. The Balaban J connectivity index is 1.62. The van der Waals surface area contributed by atoms with Gasteiger partial charge in [-0.3, -0.25) is 4.79 Å². The van der Waals surface area contributed by atoms with E-state index in [4.69, 9.17) is 0 Å². The molecule has 4 aliphatic rings. The molecule has 5 nitrogen and oxygen atoms in total. The fourth-order valence-corrected chi connectivity index (χ4v) is 7.79. The van der Waals surface area contributed by atoms with Crippen LogP contribution in [-0.2, 0) is 4.79 Å². The summed E-state index contributed by atoms with van der Waals surface area (Å²) in [6.07, 6.45) is 10.7. The lowest BCUT2D eigenvalue weighted by Gasteiger charge is -2.60. The van der Waals surface area contributed by atoms with E-state index in [0.717, 1.165) is 37.7 Å². The van der Waals surface area contributed by atoms with Crippen LogP contribution in [0.25, 0.3) is 6.08 Å². The number of fused-ring (bicyclic) bond motifs is 5. The monoisotopic (exact) mass is 435 g/mol. The molecule has 0 saturated heterocycles. The van der Waals surface area contributed by atoms with E-state index in [1.165, 1.54) is 5.57 Å². The van der Waals surface area contributed by atoms with E-state index in [2.05, 4.69) is 26.0 Å². The zero-order chi connectivity index (χ0) is 22.8. The number of amides is 1. The molecule has 5 heteroatoms. The average Bonchev–Trinajstić information content (AvgIpc) is 3.06. The molecule has 32 heavy (non-hydrogen) atoms. The van der Waals surface area contributed by atoms with Gasteiger partial charge in [0.1, 0.15) is 0 Å². The van der Waals surface area contributed by atoms with Gasteiger partial charge < -0.3 is 15.1 Å². The molecule has 0 spiro atoms. The van der Waals surface area contributed by atoms with Gasteiger partial charge in [-0.15, -0.1) is 0 Å². The maximum Gasteiger partial charge on any atom is 0.335 e. The molecule has 0 unspecified atom stereocenters. The number of likely N-dealkylation sites (N-methyl/N-ethyl adjacent to an activating group) is 1. The highest BCUT2D eigenvalue weighted by Gasteiger charge is 2.61. The molecule has 0 bridgehead atoms. The fraction of sp³-hybridized carbons (Fsp3) is 0.556. The van der Waals surface area contributed by atoms with Gasteiger partial charge in [0, 0.05) is 12.5 Å². The summed E-state index contributed by atoms with van der Waals surface area (Å²) in [7, 11) is 1.89. The smallest absolute Gasteiger partial charge is 0.335 e. The second kappa shape index (κ2) is 7.31. The first-order valence-corrected chi connectivity index (χ1v) is 11.8. The van der Waals surface area contributed by atoms with Crippen LogP contribution in [0.4, 0.5) is 0 Å². The molecule has 3 fully saturated rings. The highest BCUT2D eigenvalue weighted by Crippen LogP contribution is 2.64. The molecule has 0 radical (unpaired) electrons. The summed E-state index contributed by atoms with van der Waals surface area (Å²) in [5.41, 5.74) is 2.13. The number of carboxylic acid groups (broad SMARTS) is 1. The lowest BCUT2D eigenvalue weighted by Crippen LogP contribution is -2.60. The quantitative estimate of drug-likeness (QED) is 0.723. The van der Waals surface area contributed by atoms with Crippen molar-refractivity contribution in [3.63, 3.8) is 0 Å². The van der Waals surface area contributed by atoms with E-state index in [0.29, 0.717) is 17.8 Å². The third kappa shape index (κ3) is 3.01. The Kier molecular flexibility index (Phi) is 4.90. The number of rotatable bonds is 2. The van der Waals surface area contributed by atoms with Gasteiger partial charge >= 0.3 is 5.97 Å². The van der Waals surface area contributed by atoms with Crippen LogP contribution in [0.15, 0.2) is 42.0 Å². The van der Waals surface area contributed by atoms with Crippen molar-refractivity contribution in [2.45, 2.75) is 58.1 Å². The summed E-state index contributed by atoms with van der Waals surface area (Å²) in [6, 6.07) is 7.00. The van der Waals surface area contributed by atoms with Crippen molar-refractivity contribution in [3.05, 3.63) is 53.1 Å². The predicted molar refractivity (Wildman–Crippen MR) is 123 cm³/mol. The van der Waals surface area contributed by atoms with Crippen molar-refractivity contribution >= 4 is 18.0 Å². The first-order valence-electron chi connectivity index (χ1n) is 11.8. The van der Waals surface area contributed by atoms with Gasteiger partial charge in [-0.1, -0.05) is 38.1 Å². The Morgan fingerprint density at radius 3 is 2.72 bits per heavy atom. The molecule has 2 N–H and O–H groups in total. The third-order valence-corrected chi connectivity index (χ3v) is 9.40. The number of carbonyl (C=O) groups is 2. The molecule has 1 aromatic carbocycles. The molecule has 1 aliphatic heterocycles. The van der Waals surface area contributed by atoms with Crippen molar-refractivity contribution < 1.29 is 19.8 Å². The van der Waals surface area contributed by atoms with Gasteiger partial charge in [-0.05, 0) is 84.6 Å². The van der Waals surface area contributed by atoms with Crippen molar-refractivity contribution in [2.24, 2.45) is 28.6 Å². The Morgan fingerprint density at radius 2 is 1.97 bits per heavy atom. The number of hydrogen-bond acceptors (Lipinski definition) is 3. The Labute approximate surface area is 189 Å². The van der Waals surface area contributed by atoms with Crippen LogP contribution in [0.3, 0.4) is 0 Å². The van der Waals surface area contributed by atoms with Crippen LogP contribution in [0, 0.1) is 28.6 Å². The zero-order valence-corrected chi connectivity index (χ0v) is 19.1. The van der Waals surface area contributed by atoms with Crippen LogP contribution in [0.5, 0.6) is 0 Å². The zero-order valence-electron chi connectivity index (χ0n) is 19.1. The lowest BCUT2D eigenvalue weighted by atomic mass is 9.47. The van der Waals surface area contributed by atoms with E-state index >= 15 is 0 Å². The molecule has 170 valence electrons. The largest absolute Gasteiger partial charge is 0.478 e. The Morgan fingerprint density at radius 1 is 1.19 bits per heavy atom. The number of carbonyl (C=O) groups excluding carboxylic acids is 1. The van der Waals surface area contributed by atoms with Crippen molar-refractivity contribution in [1.29, 1.82) is 0 Å². The minimum Gasteiger partial charge on any atom is -0.478 e. The molecule has 3 saturated carbocycles. The van der Waals surface area contributed by atoms with Gasteiger partial charge in [-0.25, -0.2) is 4.79 Å². The summed E-state index contributed by atoms with van der Waals surface area (Å²) in [5, 5.41) is 20.2. The molecule has 1 amide bonds. The number of aromatic carboxylic acids is 1. The summed E-state index contributed by atoms with van der Waals surface area (Å²) >= 11 is 0. The SMILES string of the molecule is CN1C(=O)C=C[C@]2(C)[C@H]3CC[C@]4(C)[C@@H](O)CC[C@H]4[C@@H]3C/C(=C/c3cccc(C(=O)O)c3)[C@@H]12. The number of nitrogens with zero attached hydrogens (tertiary/aromatic N) is 1. The van der Waals surface area contributed by atoms with Crippen LogP contribution >= 0.6 is 0 Å². The maximum absolute atomic E-state index is 12.7. The van der Waals surface area contributed by atoms with Gasteiger partial charge in [0.15, 0.2) is 0 Å². The van der Waals surface area contributed by atoms with Gasteiger partial charge in [0.05, 0.1) is 17.7 Å². The van der Waals surface area contributed by atoms with Gasteiger partial charge in [0.25, 0.3) is 0 Å². The summed E-state index contributed by atoms with van der Waals surface area (Å²) < 4.78 is 0. The fourth-order valence-electron chi connectivity index (χ4n) is 7.79. The minimum absolute atomic E-state index is 0.0213. The van der Waals surface area contributed by atoms with Gasteiger partial charge in [0.2, 0.25) is 5.91 Å². The molecule has 3 aliphatic carbocycles.